The molecule has 0 radical (unpaired) electrons. The topological polar surface area (TPSA) is 122 Å². The molecule has 10 nitrogen and oxygen atoms in total. The van der Waals surface area contributed by atoms with Gasteiger partial charge in [-0.05, 0) is 19.9 Å². The first kappa shape index (κ1) is 20.2. The van der Waals surface area contributed by atoms with Crippen molar-refractivity contribution in [2.45, 2.75) is 25.2 Å². The standard InChI is InChI=1S/C18H23N3O7/c1-3-19(4-2)15(23)9-20-14-8-6-5-7-13(14)18(16(20)24)27-11-17(10-22,12-28-18)21(25)26/h5-8,22H,3-4,9-12H2,1-2H3. The van der Waals surface area contributed by atoms with Gasteiger partial charge in [0.2, 0.25) is 5.91 Å². The third kappa shape index (κ3) is 2.93. The van der Waals surface area contributed by atoms with E-state index in [0.717, 1.165) is 0 Å². The van der Waals surface area contributed by atoms with Crippen molar-refractivity contribution in [3.8, 4) is 0 Å². The predicted molar refractivity (Wildman–Crippen MR) is 97.1 cm³/mol. The molecule has 0 bridgehead atoms. The quantitative estimate of drug-likeness (QED) is 0.537. The lowest BCUT2D eigenvalue weighted by Gasteiger charge is -2.38. The summed E-state index contributed by atoms with van der Waals surface area (Å²) in [6.45, 7) is 2.77. The first-order valence-corrected chi connectivity index (χ1v) is 9.07. The minimum Gasteiger partial charge on any atom is -0.389 e. The number of fused-ring (bicyclic) bond motifs is 2. The molecular weight excluding hydrogens is 370 g/mol. The van der Waals surface area contributed by atoms with Crippen LogP contribution in [0.4, 0.5) is 5.69 Å². The van der Waals surface area contributed by atoms with Crippen molar-refractivity contribution in [2.75, 3.05) is 44.4 Å². The zero-order valence-corrected chi connectivity index (χ0v) is 15.8. The van der Waals surface area contributed by atoms with E-state index in [-0.39, 0.29) is 12.5 Å². The van der Waals surface area contributed by atoms with Gasteiger partial charge in [0.25, 0.3) is 17.2 Å². The molecule has 0 aliphatic carbocycles. The highest BCUT2D eigenvalue weighted by Gasteiger charge is 2.61. The Kier molecular flexibility index (Phi) is 5.37. The molecule has 2 amide bonds. The lowest BCUT2D eigenvalue weighted by Crippen LogP contribution is -2.61. The maximum absolute atomic E-state index is 13.2. The molecule has 2 aliphatic heterocycles. The first-order valence-electron chi connectivity index (χ1n) is 9.07. The summed E-state index contributed by atoms with van der Waals surface area (Å²) < 4.78 is 11.2. The second-order valence-electron chi connectivity index (χ2n) is 6.81. The van der Waals surface area contributed by atoms with Crippen LogP contribution in [0, 0.1) is 10.1 Å². The number of likely N-dealkylation sites (N-methyl/N-ethyl adjacent to an activating group) is 1. The Morgan fingerprint density at radius 3 is 2.43 bits per heavy atom. The number of hydrogen-bond acceptors (Lipinski definition) is 7. The fourth-order valence-corrected chi connectivity index (χ4v) is 3.45. The smallest absolute Gasteiger partial charge is 0.293 e. The van der Waals surface area contributed by atoms with Crippen molar-refractivity contribution >= 4 is 17.5 Å². The second-order valence-corrected chi connectivity index (χ2v) is 6.81. The average Bonchev–Trinajstić information content (AvgIpc) is 2.93. The number of hydrogen-bond donors (Lipinski definition) is 1. The SMILES string of the molecule is CCN(CC)C(=O)CN1C(=O)C2(OCC(CO)([N+](=O)[O-])CO2)c2ccccc21. The van der Waals surface area contributed by atoms with Crippen molar-refractivity contribution in [2.24, 2.45) is 0 Å². The summed E-state index contributed by atoms with van der Waals surface area (Å²) in [5.74, 6) is -2.69. The molecule has 0 unspecified atom stereocenters. The molecule has 3 rings (SSSR count). The fraction of sp³-hybridized carbons (Fsp3) is 0.556. The van der Waals surface area contributed by atoms with E-state index >= 15 is 0 Å². The molecule has 1 fully saturated rings. The molecule has 0 aromatic heterocycles. The summed E-state index contributed by atoms with van der Waals surface area (Å²) in [6.07, 6.45) is 0. The highest BCUT2D eigenvalue weighted by molar-refractivity contribution is 6.09. The van der Waals surface area contributed by atoms with Crippen LogP contribution in [0.2, 0.25) is 0 Å². The van der Waals surface area contributed by atoms with Crippen LogP contribution in [0.15, 0.2) is 24.3 Å². The maximum Gasteiger partial charge on any atom is 0.293 e. The third-order valence-electron chi connectivity index (χ3n) is 5.26. The van der Waals surface area contributed by atoms with Gasteiger partial charge in [-0.15, -0.1) is 0 Å². The summed E-state index contributed by atoms with van der Waals surface area (Å²) >= 11 is 0. The van der Waals surface area contributed by atoms with Crippen molar-refractivity contribution in [3.05, 3.63) is 39.9 Å². The monoisotopic (exact) mass is 393 g/mol. The predicted octanol–water partition coefficient (Wildman–Crippen LogP) is 0.109. The van der Waals surface area contributed by atoms with Crippen LogP contribution < -0.4 is 4.90 Å². The lowest BCUT2D eigenvalue weighted by atomic mass is 10.00. The van der Waals surface area contributed by atoms with Crippen molar-refractivity contribution in [3.63, 3.8) is 0 Å². The number of amides is 2. The van der Waals surface area contributed by atoms with Crippen LogP contribution in [0.1, 0.15) is 19.4 Å². The third-order valence-corrected chi connectivity index (χ3v) is 5.26. The number of aliphatic hydroxyl groups is 1. The van der Waals surface area contributed by atoms with E-state index in [2.05, 4.69) is 0 Å². The number of rotatable bonds is 6. The van der Waals surface area contributed by atoms with Crippen LogP contribution in [0.25, 0.3) is 0 Å². The highest BCUT2D eigenvalue weighted by atomic mass is 16.7. The Morgan fingerprint density at radius 1 is 1.29 bits per heavy atom. The summed E-state index contributed by atoms with van der Waals surface area (Å²) in [6, 6.07) is 6.72. The van der Waals surface area contributed by atoms with Crippen LogP contribution in [0.3, 0.4) is 0 Å². The Morgan fingerprint density at radius 2 is 1.89 bits per heavy atom. The molecular formula is C18H23N3O7. The van der Waals surface area contributed by atoms with Gasteiger partial charge in [0, 0.05) is 23.6 Å². The summed E-state index contributed by atoms with van der Waals surface area (Å²) in [7, 11) is 0. The largest absolute Gasteiger partial charge is 0.389 e. The number of ether oxygens (including phenoxy) is 2. The number of para-hydroxylation sites is 1. The van der Waals surface area contributed by atoms with Gasteiger partial charge in [0.1, 0.15) is 26.4 Å². The number of carbonyl (C=O) groups is 2. The summed E-state index contributed by atoms with van der Waals surface area (Å²) in [4.78, 5) is 39.3. The van der Waals surface area contributed by atoms with E-state index in [4.69, 9.17) is 9.47 Å². The van der Waals surface area contributed by atoms with Crippen LogP contribution in [0.5, 0.6) is 0 Å². The van der Waals surface area contributed by atoms with Gasteiger partial charge in [0.05, 0.1) is 5.69 Å². The van der Waals surface area contributed by atoms with Gasteiger partial charge in [-0.25, -0.2) is 0 Å². The molecule has 10 heteroatoms. The molecule has 0 atom stereocenters. The number of nitrogens with zero attached hydrogens (tertiary/aromatic N) is 3. The van der Waals surface area contributed by atoms with Crippen molar-refractivity contribution < 1.29 is 29.1 Å². The van der Waals surface area contributed by atoms with Crippen LogP contribution in [-0.4, -0.2) is 71.7 Å². The zero-order chi connectivity index (χ0) is 20.5. The minimum atomic E-state index is -1.85. The van der Waals surface area contributed by atoms with Gasteiger partial charge >= 0.3 is 0 Å². The number of carbonyl (C=O) groups excluding carboxylic acids is 2. The highest BCUT2D eigenvalue weighted by Crippen LogP contribution is 2.46. The second kappa shape index (κ2) is 7.46. The van der Waals surface area contributed by atoms with E-state index in [1.54, 1.807) is 29.2 Å². The Balaban J connectivity index is 1.92. The van der Waals surface area contributed by atoms with Gasteiger partial charge in [-0.3, -0.25) is 24.6 Å². The normalized spacial score (nSPS) is 26.4. The molecule has 2 aliphatic rings. The maximum atomic E-state index is 13.2. The number of anilines is 1. The average molecular weight is 393 g/mol. The van der Waals surface area contributed by atoms with Gasteiger partial charge < -0.3 is 19.5 Å². The van der Waals surface area contributed by atoms with Gasteiger partial charge in [0.15, 0.2) is 0 Å². The van der Waals surface area contributed by atoms with E-state index in [1.165, 1.54) is 4.90 Å². The van der Waals surface area contributed by atoms with Crippen molar-refractivity contribution in [1.29, 1.82) is 0 Å². The first-order chi connectivity index (χ1) is 13.3. The summed E-state index contributed by atoms with van der Waals surface area (Å²) in [5.41, 5.74) is -0.974. The van der Waals surface area contributed by atoms with Gasteiger partial charge in [-0.1, -0.05) is 18.2 Å². The molecule has 28 heavy (non-hydrogen) atoms. The lowest BCUT2D eigenvalue weighted by molar-refractivity contribution is -0.598. The van der Waals surface area contributed by atoms with E-state index in [1.807, 2.05) is 13.8 Å². The van der Waals surface area contributed by atoms with Crippen molar-refractivity contribution in [1.82, 2.24) is 4.90 Å². The van der Waals surface area contributed by atoms with E-state index in [9.17, 15) is 24.8 Å². The molecule has 1 aromatic rings. The molecule has 2 heterocycles. The number of aliphatic hydroxyl groups excluding tert-OH is 1. The van der Waals surface area contributed by atoms with E-state index < -0.39 is 42.0 Å². The molecule has 1 saturated heterocycles. The Bertz CT molecular complexity index is 785. The van der Waals surface area contributed by atoms with E-state index in [0.29, 0.717) is 24.3 Å². The molecule has 1 N–H and O–H groups in total. The number of benzene rings is 1. The Labute approximate surface area is 161 Å². The summed E-state index contributed by atoms with van der Waals surface area (Å²) in [5, 5.41) is 20.8. The van der Waals surface area contributed by atoms with Gasteiger partial charge in [-0.2, -0.15) is 0 Å². The van der Waals surface area contributed by atoms with Crippen LogP contribution in [-0.2, 0) is 24.8 Å². The number of nitro groups is 1. The molecule has 1 aromatic carbocycles. The zero-order valence-electron chi connectivity index (χ0n) is 15.8. The van der Waals surface area contributed by atoms with Crippen LogP contribution >= 0.6 is 0 Å². The molecule has 0 saturated carbocycles. The molecule has 152 valence electrons. The molecule has 1 spiro atoms. The fourth-order valence-electron chi connectivity index (χ4n) is 3.45. The minimum absolute atomic E-state index is 0.188. The Hall–Kier alpha value is -2.56.